The number of carbonyl (C=O) groups excluding carboxylic acids is 2. The lowest BCUT2D eigenvalue weighted by Gasteiger charge is -2.53. The molecule has 12 nitrogen and oxygen atoms in total. The molecule has 0 radical (unpaired) electrons. The lowest BCUT2D eigenvalue weighted by atomic mass is 9.80. The van der Waals surface area contributed by atoms with Crippen molar-refractivity contribution in [3.8, 4) is 5.75 Å². The van der Waals surface area contributed by atoms with Gasteiger partial charge in [-0.2, -0.15) is 0 Å². The van der Waals surface area contributed by atoms with Crippen LogP contribution in [0.15, 0.2) is 60.2 Å². The van der Waals surface area contributed by atoms with Gasteiger partial charge in [0.05, 0.1) is 87.8 Å². The summed E-state index contributed by atoms with van der Waals surface area (Å²) in [6, 6.07) is 7.86. The highest BCUT2D eigenvalue weighted by Gasteiger charge is 2.53. The van der Waals surface area contributed by atoms with E-state index in [1.165, 1.54) is 7.11 Å². The van der Waals surface area contributed by atoms with Crippen LogP contribution in [0, 0.1) is 17.3 Å². The molecule has 0 aliphatic carbocycles. The van der Waals surface area contributed by atoms with Crippen LogP contribution in [0.3, 0.4) is 0 Å². The number of rotatable bonds is 23. The number of aliphatic hydroxyl groups excluding tert-OH is 1. The van der Waals surface area contributed by atoms with Gasteiger partial charge in [0.2, 0.25) is 0 Å². The number of fused-ring (bicyclic) bond motifs is 1. The molecule has 398 valence electrons. The van der Waals surface area contributed by atoms with Crippen LogP contribution in [-0.2, 0) is 53.5 Å². The number of aliphatic hydroxyl groups is 1. The molecule has 14 heteroatoms. The molecule has 3 aliphatic heterocycles. The maximum absolute atomic E-state index is 13.1. The molecule has 3 fully saturated rings. The van der Waals surface area contributed by atoms with E-state index in [9.17, 15) is 14.7 Å². The first-order valence-corrected chi connectivity index (χ1v) is 31.7. The van der Waals surface area contributed by atoms with E-state index in [-0.39, 0.29) is 70.9 Å². The Kier molecular flexibility index (Phi) is 21.4. The van der Waals surface area contributed by atoms with E-state index >= 15 is 0 Å². The minimum absolute atomic E-state index is 0.00236. The summed E-state index contributed by atoms with van der Waals surface area (Å²) < 4.78 is 57.4. The van der Waals surface area contributed by atoms with E-state index < -0.39 is 46.3 Å². The van der Waals surface area contributed by atoms with Crippen molar-refractivity contribution in [1.29, 1.82) is 0 Å². The summed E-state index contributed by atoms with van der Waals surface area (Å²) in [5.74, 6) is -0.155. The van der Waals surface area contributed by atoms with Crippen LogP contribution in [0.4, 0.5) is 0 Å². The van der Waals surface area contributed by atoms with Crippen LogP contribution < -0.4 is 4.74 Å². The Morgan fingerprint density at radius 2 is 1.54 bits per heavy atom. The molecule has 0 amide bonds. The number of hydrogen-bond donors (Lipinski definition) is 1. The highest BCUT2D eigenvalue weighted by Crippen LogP contribution is 2.45. The summed E-state index contributed by atoms with van der Waals surface area (Å²) >= 11 is 0. The second-order valence-electron chi connectivity index (χ2n) is 24.4. The highest BCUT2D eigenvalue weighted by molar-refractivity contribution is 6.74. The Bertz CT molecular complexity index is 1910. The molecule has 0 bridgehead atoms. The van der Waals surface area contributed by atoms with Crippen molar-refractivity contribution in [3.63, 3.8) is 0 Å². The van der Waals surface area contributed by atoms with Gasteiger partial charge in [0.1, 0.15) is 5.75 Å². The first-order valence-electron chi connectivity index (χ1n) is 25.9. The molecule has 3 saturated heterocycles. The number of ether oxygens (including phenoxy) is 7. The number of methoxy groups -OCH3 is 2. The minimum atomic E-state index is -2.22. The van der Waals surface area contributed by atoms with Crippen molar-refractivity contribution in [1.82, 2.24) is 0 Å². The zero-order valence-electron chi connectivity index (χ0n) is 46.4. The summed E-state index contributed by atoms with van der Waals surface area (Å²) in [6.07, 6.45) is 3.20. The quantitative estimate of drug-likeness (QED) is 0.0367. The van der Waals surface area contributed by atoms with Gasteiger partial charge in [-0.25, -0.2) is 4.79 Å². The van der Waals surface area contributed by atoms with E-state index in [1.54, 1.807) is 7.11 Å². The van der Waals surface area contributed by atoms with Gasteiger partial charge in [0, 0.05) is 37.4 Å². The number of carbonyl (C=O) groups is 2. The maximum Gasteiger partial charge on any atom is 0.333 e. The topological polar surface area (TPSA) is 137 Å². The van der Waals surface area contributed by atoms with Crippen LogP contribution in [-0.4, -0.2) is 116 Å². The van der Waals surface area contributed by atoms with Crippen LogP contribution in [0.25, 0.3) is 0 Å². The van der Waals surface area contributed by atoms with E-state index in [4.69, 9.17) is 42.0 Å². The Hall–Kier alpha value is -2.67. The Morgan fingerprint density at radius 3 is 2.13 bits per heavy atom. The van der Waals surface area contributed by atoms with Crippen LogP contribution in [0.2, 0.25) is 36.3 Å². The molecule has 0 unspecified atom stereocenters. The lowest BCUT2D eigenvalue weighted by molar-refractivity contribution is -0.274. The third-order valence-corrected chi connectivity index (χ3v) is 24.8. The van der Waals surface area contributed by atoms with Gasteiger partial charge < -0.3 is 47.1 Å². The normalized spacial score (nSPS) is 26.9. The van der Waals surface area contributed by atoms with Crippen molar-refractivity contribution in [2.24, 2.45) is 17.3 Å². The van der Waals surface area contributed by atoms with Gasteiger partial charge in [-0.15, -0.1) is 0 Å². The zero-order valence-corrected chi connectivity index (χ0v) is 48.4. The van der Waals surface area contributed by atoms with Crippen LogP contribution in [0.5, 0.6) is 5.75 Å². The molecule has 1 N–H and O–H groups in total. The lowest BCUT2D eigenvalue weighted by Crippen LogP contribution is -2.62. The predicted molar refractivity (Wildman–Crippen MR) is 283 cm³/mol. The molecule has 4 rings (SSSR count). The molecular formula is C56H94O12Si2. The number of hydrogen-bond acceptors (Lipinski definition) is 12. The summed E-state index contributed by atoms with van der Waals surface area (Å²) in [7, 11) is -1.19. The third kappa shape index (κ3) is 16.4. The monoisotopic (exact) mass is 1010 g/mol. The van der Waals surface area contributed by atoms with Crippen molar-refractivity contribution < 1.29 is 56.7 Å². The van der Waals surface area contributed by atoms with Crippen molar-refractivity contribution >= 4 is 28.6 Å². The SMILES string of the molecule is C=C([C@H](C)C/C=C(\C[C@@H]1O[C@@H](CCCOC(=O)C(C)(C)C)CC1=C)C(=O)OC)[C@H](O)C[C@@H]1O[C@H]2C[C@@H](O[Si](C)(C)C(C)(C)C)[C@@H](CCO[Si](C)(C)C(C)(C)C)O[C@H]2[C@H](C)[C@H]1OCc1ccc(OC)cc1. The summed E-state index contributed by atoms with van der Waals surface area (Å²) in [6.45, 7) is 42.4. The molecule has 11 atom stereocenters. The van der Waals surface area contributed by atoms with Crippen molar-refractivity contribution in [2.75, 3.05) is 27.4 Å². The van der Waals surface area contributed by atoms with E-state index in [2.05, 4.69) is 87.8 Å². The maximum atomic E-state index is 13.1. The van der Waals surface area contributed by atoms with Crippen molar-refractivity contribution in [2.45, 2.75) is 225 Å². The number of allylic oxidation sites excluding steroid dienone is 1. The van der Waals surface area contributed by atoms with Gasteiger partial charge in [-0.1, -0.05) is 86.8 Å². The Labute approximate surface area is 425 Å². The van der Waals surface area contributed by atoms with Gasteiger partial charge in [-0.3, -0.25) is 4.79 Å². The molecule has 70 heavy (non-hydrogen) atoms. The van der Waals surface area contributed by atoms with E-state index in [0.717, 1.165) is 16.9 Å². The summed E-state index contributed by atoms with van der Waals surface area (Å²) in [4.78, 5) is 25.3. The fourth-order valence-electron chi connectivity index (χ4n) is 8.86. The molecule has 3 aliphatic rings. The largest absolute Gasteiger partial charge is 0.497 e. The van der Waals surface area contributed by atoms with Gasteiger partial charge in [-0.05, 0) is 124 Å². The molecule has 3 heterocycles. The fourth-order valence-corrected chi connectivity index (χ4v) is 11.3. The van der Waals surface area contributed by atoms with E-state index in [0.29, 0.717) is 75.9 Å². The second kappa shape index (κ2) is 25.0. The van der Waals surface area contributed by atoms with E-state index in [1.807, 2.05) is 58.0 Å². The first-order chi connectivity index (χ1) is 32.4. The molecule has 1 aromatic rings. The summed E-state index contributed by atoms with van der Waals surface area (Å²) in [5.41, 5.74) is 2.49. The molecule has 1 aromatic carbocycles. The molecule has 0 saturated carbocycles. The van der Waals surface area contributed by atoms with Gasteiger partial charge in [0.15, 0.2) is 16.6 Å². The average molecular weight is 1020 g/mol. The average Bonchev–Trinajstić information content (AvgIpc) is 3.62. The van der Waals surface area contributed by atoms with Crippen LogP contribution >= 0.6 is 0 Å². The highest BCUT2D eigenvalue weighted by atomic mass is 28.4. The Balaban J connectivity index is 1.51. The van der Waals surface area contributed by atoms with Gasteiger partial charge in [0.25, 0.3) is 0 Å². The number of esters is 2. The fraction of sp³-hybridized carbons (Fsp3) is 0.750. The standard InChI is InChI=1S/C56H94O12Si2/c1-36(22-25-41(52(58)61-15)32-46-37(2)31-43(65-46)21-20-29-62-53(59)54(5,6)7)38(3)44(57)33-48-50(63-35-40-23-26-42(60-14)27-24-40)39(4)51-49(66-48)34-47(68-70(18,19)56(11,12)13)45(67-51)28-30-64-69(16,17)55(8,9)10/h23-27,36,39,43-51,57H,2-3,20-22,28-35H2,1,4-19H3/b41-25+/t36-,39-,43+,44-,45-,46+,47-,48+,49+,50-,51+/m1/s1. The predicted octanol–water partition coefficient (Wildman–Crippen LogP) is 11.8. The third-order valence-electron chi connectivity index (χ3n) is 15.8. The number of benzene rings is 1. The summed E-state index contributed by atoms with van der Waals surface area (Å²) in [5, 5.41) is 12.1. The molecule has 0 spiro atoms. The second-order valence-corrected chi connectivity index (χ2v) is 34.0. The van der Waals surface area contributed by atoms with Crippen LogP contribution in [0.1, 0.15) is 133 Å². The Morgan fingerprint density at radius 1 is 0.900 bits per heavy atom. The molecular weight excluding hydrogens is 921 g/mol. The molecule has 0 aromatic heterocycles. The zero-order chi connectivity index (χ0) is 52.6. The van der Waals surface area contributed by atoms with Crippen molar-refractivity contribution in [3.05, 3.63) is 65.8 Å². The minimum Gasteiger partial charge on any atom is -0.497 e. The smallest absolute Gasteiger partial charge is 0.333 e. The van der Waals surface area contributed by atoms with Gasteiger partial charge >= 0.3 is 11.9 Å². The first kappa shape index (κ1) is 59.9.